The monoisotopic (exact) mass is 492 g/mol. The summed E-state index contributed by atoms with van der Waals surface area (Å²) in [5, 5.41) is 31.0. The van der Waals surface area contributed by atoms with E-state index in [1.54, 1.807) is 31.2 Å². The van der Waals surface area contributed by atoms with Crippen molar-refractivity contribution in [3.8, 4) is 0 Å². The number of hydrogen-bond donors (Lipinski definition) is 3. The summed E-state index contributed by atoms with van der Waals surface area (Å²) in [5.74, 6) is -2.37. The summed E-state index contributed by atoms with van der Waals surface area (Å²) in [6, 6.07) is 18.4. The lowest BCUT2D eigenvalue weighted by molar-refractivity contribution is -0.384. The van der Waals surface area contributed by atoms with Crippen molar-refractivity contribution in [3.05, 3.63) is 111 Å². The first kappa shape index (κ1) is 27.9. The fourth-order valence-corrected chi connectivity index (χ4v) is 3.28. The number of non-ortho nitro benzene ring substituents is 1. The Morgan fingerprint density at radius 2 is 1.33 bits per heavy atom. The van der Waals surface area contributed by atoms with Gasteiger partial charge in [-0.05, 0) is 62.7 Å². The van der Waals surface area contributed by atoms with E-state index in [0.29, 0.717) is 16.7 Å². The number of ketones is 1. The molecule has 1 saturated heterocycles. The molecule has 3 N–H and O–H groups in total. The molecule has 0 bridgehead atoms. The Labute approximate surface area is 208 Å². The van der Waals surface area contributed by atoms with Gasteiger partial charge in [0.25, 0.3) is 5.69 Å². The first-order valence-corrected chi connectivity index (χ1v) is 11.3. The van der Waals surface area contributed by atoms with E-state index in [4.69, 9.17) is 10.2 Å². The van der Waals surface area contributed by atoms with Crippen LogP contribution in [0.3, 0.4) is 0 Å². The fraction of sp³-hybridized carbons (Fsp3) is 0.222. The maximum Gasteiger partial charge on any atom is 0.335 e. The second kappa shape index (κ2) is 14.1. The highest BCUT2D eigenvalue weighted by Gasteiger charge is 2.11. The molecule has 1 aliphatic heterocycles. The van der Waals surface area contributed by atoms with Crippen molar-refractivity contribution in [2.45, 2.75) is 26.2 Å². The number of nitro benzene ring substituents is 1. The molecular formula is C27H28N2O7. The number of aromatic carboxylic acids is 2. The van der Waals surface area contributed by atoms with Crippen molar-refractivity contribution in [2.75, 3.05) is 13.1 Å². The molecule has 0 spiro atoms. The molecule has 0 amide bonds. The SMILES string of the molecule is C1CCNCC1.Cc1ccc(C(=O)O)cc1C(=O)O.O=C(c1ccccc1)c1ccc([N+](=O)[O-])cc1. The molecule has 9 heteroatoms. The second-order valence-corrected chi connectivity index (χ2v) is 7.95. The Morgan fingerprint density at radius 3 is 1.78 bits per heavy atom. The van der Waals surface area contributed by atoms with Gasteiger partial charge in [-0.3, -0.25) is 14.9 Å². The van der Waals surface area contributed by atoms with Crippen LogP contribution in [0.25, 0.3) is 0 Å². The molecule has 3 aromatic carbocycles. The summed E-state index contributed by atoms with van der Waals surface area (Å²) in [7, 11) is 0. The van der Waals surface area contributed by atoms with Crippen molar-refractivity contribution in [3.63, 3.8) is 0 Å². The Bertz CT molecular complexity index is 1180. The number of carbonyl (C=O) groups is 3. The number of hydrogen-bond acceptors (Lipinski definition) is 6. The number of carbonyl (C=O) groups excluding carboxylic acids is 1. The van der Waals surface area contributed by atoms with Crippen LogP contribution >= 0.6 is 0 Å². The van der Waals surface area contributed by atoms with Gasteiger partial charge in [0, 0.05) is 23.3 Å². The van der Waals surface area contributed by atoms with Crippen molar-refractivity contribution in [1.29, 1.82) is 0 Å². The molecule has 1 aliphatic rings. The molecule has 1 fully saturated rings. The van der Waals surface area contributed by atoms with Crippen LogP contribution in [0.4, 0.5) is 5.69 Å². The molecule has 0 unspecified atom stereocenters. The third kappa shape index (κ3) is 8.77. The van der Waals surface area contributed by atoms with Gasteiger partial charge in [-0.25, -0.2) is 9.59 Å². The minimum Gasteiger partial charge on any atom is -0.478 e. The number of carboxylic acid groups (broad SMARTS) is 2. The summed E-state index contributed by atoms with van der Waals surface area (Å²) in [6.45, 7) is 4.12. The molecule has 1 heterocycles. The molecule has 0 radical (unpaired) electrons. The van der Waals surface area contributed by atoms with Gasteiger partial charge >= 0.3 is 11.9 Å². The van der Waals surface area contributed by atoms with E-state index in [-0.39, 0.29) is 22.6 Å². The number of piperidine rings is 1. The van der Waals surface area contributed by atoms with Crippen molar-refractivity contribution in [1.82, 2.24) is 5.32 Å². The van der Waals surface area contributed by atoms with Crippen LogP contribution in [0.1, 0.15) is 61.5 Å². The van der Waals surface area contributed by atoms with Crippen molar-refractivity contribution >= 4 is 23.4 Å². The molecule has 0 saturated carbocycles. The van der Waals surface area contributed by atoms with Gasteiger partial charge < -0.3 is 15.5 Å². The Kier molecular flexibility index (Phi) is 10.9. The quantitative estimate of drug-likeness (QED) is 0.257. The summed E-state index contributed by atoms with van der Waals surface area (Å²) < 4.78 is 0. The zero-order valence-electron chi connectivity index (χ0n) is 19.8. The number of rotatable bonds is 5. The minimum absolute atomic E-state index is 0.0111. The molecule has 36 heavy (non-hydrogen) atoms. The lowest BCUT2D eigenvalue weighted by Gasteiger charge is -2.08. The molecule has 188 valence electrons. The predicted octanol–water partition coefficient (Wildman–Crippen LogP) is 4.98. The molecule has 4 rings (SSSR count). The first-order valence-electron chi connectivity index (χ1n) is 11.3. The van der Waals surface area contributed by atoms with Gasteiger partial charge in [0.15, 0.2) is 5.78 Å². The first-order chi connectivity index (χ1) is 17.2. The van der Waals surface area contributed by atoms with Gasteiger partial charge in [0.1, 0.15) is 0 Å². The van der Waals surface area contributed by atoms with Crippen LogP contribution in [0, 0.1) is 17.0 Å². The largest absolute Gasteiger partial charge is 0.478 e. The fourth-order valence-electron chi connectivity index (χ4n) is 3.28. The topological polar surface area (TPSA) is 147 Å². The summed E-state index contributed by atoms with van der Waals surface area (Å²) in [4.78, 5) is 43.0. The molecular weight excluding hydrogens is 464 g/mol. The number of nitro groups is 1. The highest BCUT2D eigenvalue weighted by Crippen LogP contribution is 2.15. The molecule has 3 aromatic rings. The predicted molar refractivity (Wildman–Crippen MR) is 135 cm³/mol. The van der Waals surface area contributed by atoms with Crippen LogP contribution in [0.2, 0.25) is 0 Å². The van der Waals surface area contributed by atoms with Crippen molar-refractivity contribution in [2.24, 2.45) is 0 Å². The smallest absolute Gasteiger partial charge is 0.335 e. The number of aryl methyl sites for hydroxylation is 1. The van der Waals surface area contributed by atoms with Crippen LogP contribution in [-0.4, -0.2) is 45.9 Å². The zero-order valence-corrected chi connectivity index (χ0v) is 19.8. The van der Waals surface area contributed by atoms with E-state index in [0.717, 1.165) is 6.07 Å². The second-order valence-electron chi connectivity index (χ2n) is 7.95. The van der Waals surface area contributed by atoms with Crippen LogP contribution in [0.5, 0.6) is 0 Å². The van der Waals surface area contributed by atoms with E-state index in [2.05, 4.69) is 5.32 Å². The van der Waals surface area contributed by atoms with E-state index < -0.39 is 16.9 Å². The number of benzene rings is 3. The van der Waals surface area contributed by atoms with Crippen LogP contribution in [0.15, 0.2) is 72.8 Å². The third-order valence-corrected chi connectivity index (χ3v) is 5.30. The third-order valence-electron chi connectivity index (χ3n) is 5.30. The number of carboxylic acids is 2. The molecule has 9 nitrogen and oxygen atoms in total. The van der Waals surface area contributed by atoms with Gasteiger partial charge in [0.2, 0.25) is 0 Å². The van der Waals surface area contributed by atoms with Crippen LogP contribution < -0.4 is 5.32 Å². The Morgan fingerprint density at radius 1 is 0.778 bits per heavy atom. The average Bonchev–Trinajstić information content (AvgIpc) is 2.90. The minimum atomic E-state index is -1.12. The average molecular weight is 493 g/mol. The Balaban J connectivity index is 0.000000211. The molecule has 0 atom stereocenters. The highest BCUT2D eigenvalue weighted by molar-refractivity contribution is 6.09. The van der Waals surface area contributed by atoms with Crippen molar-refractivity contribution < 1.29 is 29.5 Å². The maximum atomic E-state index is 12.0. The van der Waals surface area contributed by atoms with E-state index in [1.165, 1.54) is 68.8 Å². The molecule has 0 aliphatic carbocycles. The van der Waals surface area contributed by atoms with Gasteiger partial charge in [0.05, 0.1) is 16.1 Å². The summed E-state index contributed by atoms with van der Waals surface area (Å²) in [6.07, 6.45) is 4.22. The normalized spacial score (nSPS) is 12.1. The lowest BCUT2D eigenvalue weighted by atomic mass is 10.0. The number of nitrogens with one attached hydrogen (secondary N) is 1. The lowest BCUT2D eigenvalue weighted by Crippen LogP contribution is -2.21. The van der Waals surface area contributed by atoms with E-state index >= 15 is 0 Å². The van der Waals surface area contributed by atoms with Gasteiger partial charge in [-0.1, -0.05) is 42.8 Å². The number of nitrogens with zero attached hydrogens (tertiary/aromatic N) is 1. The summed E-state index contributed by atoms with van der Waals surface area (Å²) >= 11 is 0. The maximum absolute atomic E-state index is 12.0. The zero-order chi connectivity index (χ0) is 26.5. The van der Waals surface area contributed by atoms with Crippen LogP contribution in [-0.2, 0) is 0 Å². The van der Waals surface area contributed by atoms with Gasteiger partial charge in [-0.2, -0.15) is 0 Å². The summed E-state index contributed by atoms with van der Waals surface area (Å²) in [5.41, 5.74) is 1.57. The standard InChI is InChI=1S/C13H9NO3.C9H8O4.C5H11N/c15-13(10-4-2-1-3-5-10)11-6-8-12(9-7-11)14(16)17;1-5-2-3-6(8(10)11)4-7(5)9(12)13;1-2-4-6-5-3-1/h1-9H;2-4H,1H3,(H,10,11)(H,12,13);6H,1-5H2. The van der Waals surface area contributed by atoms with E-state index in [9.17, 15) is 24.5 Å². The Hall–Kier alpha value is -4.37. The highest BCUT2D eigenvalue weighted by atomic mass is 16.6. The molecule has 0 aromatic heterocycles. The van der Waals surface area contributed by atoms with E-state index in [1.807, 2.05) is 6.07 Å². The van der Waals surface area contributed by atoms with Gasteiger partial charge in [-0.15, -0.1) is 0 Å².